The first-order chi connectivity index (χ1) is 13.4. The molecule has 0 saturated carbocycles. The maximum absolute atomic E-state index is 11.7. The second-order valence-electron chi connectivity index (χ2n) is 6.29. The van der Waals surface area contributed by atoms with Crippen molar-refractivity contribution in [3.8, 4) is 22.6 Å². The minimum absolute atomic E-state index is 0.224. The molecule has 144 valence electrons. The van der Waals surface area contributed by atoms with Crippen LogP contribution in [0.4, 0.5) is 0 Å². The van der Waals surface area contributed by atoms with Gasteiger partial charge in [0, 0.05) is 17.4 Å². The van der Waals surface area contributed by atoms with Crippen LogP contribution in [0.2, 0.25) is 0 Å². The Labute approximate surface area is 164 Å². The smallest absolute Gasteiger partial charge is 0.175 e. The molecular weight excluding hydrogens is 376 g/mol. The Kier molecular flexibility index (Phi) is 5.80. The molecule has 0 spiro atoms. The summed E-state index contributed by atoms with van der Waals surface area (Å²) in [7, 11) is -1.79. The van der Waals surface area contributed by atoms with Crippen molar-refractivity contribution in [1.29, 1.82) is 0 Å². The van der Waals surface area contributed by atoms with E-state index in [2.05, 4.69) is 0 Å². The molecule has 3 aromatic rings. The monoisotopic (exact) mass is 396 g/mol. The van der Waals surface area contributed by atoms with Gasteiger partial charge in [-0.15, -0.1) is 0 Å². The van der Waals surface area contributed by atoms with Gasteiger partial charge in [-0.1, -0.05) is 42.5 Å². The van der Waals surface area contributed by atoms with E-state index < -0.39 is 9.84 Å². The third-order valence-corrected chi connectivity index (χ3v) is 5.38. The summed E-state index contributed by atoms with van der Waals surface area (Å²) < 4.78 is 34.9. The SMILES string of the molecule is COc1cc(C=O)cc(-c2ccc(S(C)(=O)=O)cc2)c1OCc1ccccc1. The van der Waals surface area contributed by atoms with Crippen LogP contribution in [0.3, 0.4) is 0 Å². The molecule has 0 aliphatic heterocycles. The summed E-state index contributed by atoms with van der Waals surface area (Å²) in [6.07, 6.45) is 1.89. The Balaban J connectivity index is 2.06. The zero-order chi connectivity index (χ0) is 20.1. The third-order valence-electron chi connectivity index (χ3n) is 4.25. The number of aldehydes is 1. The second kappa shape index (κ2) is 8.27. The first kappa shape index (κ1) is 19.6. The second-order valence-corrected chi connectivity index (χ2v) is 8.30. The van der Waals surface area contributed by atoms with Crippen LogP contribution in [0.5, 0.6) is 11.5 Å². The van der Waals surface area contributed by atoms with Crippen LogP contribution in [0.1, 0.15) is 15.9 Å². The largest absolute Gasteiger partial charge is 0.493 e. The molecule has 0 fully saturated rings. The van der Waals surface area contributed by atoms with Gasteiger partial charge in [0.05, 0.1) is 12.0 Å². The first-order valence-corrected chi connectivity index (χ1v) is 10.5. The number of carbonyl (C=O) groups excluding carboxylic acids is 1. The fourth-order valence-electron chi connectivity index (χ4n) is 2.82. The quantitative estimate of drug-likeness (QED) is 0.561. The first-order valence-electron chi connectivity index (χ1n) is 8.57. The van der Waals surface area contributed by atoms with Gasteiger partial charge < -0.3 is 9.47 Å². The lowest BCUT2D eigenvalue weighted by molar-refractivity contribution is 0.112. The van der Waals surface area contributed by atoms with Gasteiger partial charge in [0.25, 0.3) is 0 Å². The minimum atomic E-state index is -3.30. The van der Waals surface area contributed by atoms with Crippen LogP contribution in [-0.2, 0) is 16.4 Å². The maximum atomic E-state index is 11.7. The van der Waals surface area contributed by atoms with Crippen LogP contribution in [0.15, 0.2) is 71.6 Å². The predicted octanol–water partition coefficient (Wildman–Crippen LogP) is 4.16. The van der Waals surface area contributed by atoms with E-state index in [1.54, 1.807) is 24.3 Å². The van der Waals surface area contributed by atoms with E-state index in [1.807, 2.05) is 30.3 Å². The van der Waals surface area contributed by atoms with Crippen LogP contribution in [-0.4, -0.2) is 28.1 Å². The van der Waals surface area contributed by atoms with E-state index in [9.17, 15) is 13.2 Å². The molecule has 0 N–H and O–H groups in total. The minimum Gasteiger partial charge on any atom is -0.493 e. The summed E-state index contributed by atoms with van der Waals surface area (Å²) in [5, 5.41) is 0. The van der Waals surface area contributed by atoms with Gasteiger partial charge >= 0.3 is 0 Å². The van der Waals surface area contributed by atoms with E-state index in [-0.39, 0.29) is 4.90 Å². The van der Waals surface area contributed by atoms with Crippen LogP contribution in [0, 0.1) is 0 Å². The Morgan fingerprint density at radius 1 is 0.964 bits per heavy atom. The Hall–Kier alpha value is -3.12. The van der Waals surface area contributed by atoms with Gasteiger partial charge in [-0.25, -0.2) is 8.42 Å². The van der Waals surface area contributed by atoms with Crippen LogP contribution >= 0.6 is 0 Å². The summed E-state index contributed by atoms with van der Waals surface area (Å²) in [4.78, 5) is 11.6. The number of sulfone groups is 1. The van der Waals surface area contributed by atoms with Crippen LogP contribution in [0.25, 0.3) is 11.1 Å². The van der Waals surface area contributed by atoms with Crippen molar-refractivity contribution in [1.82, 2.24) is 0 Å². The van der Waals surface area contributed by atoms with E-state index in [4.69, 9.17) is 9.47 Å². The molecular formula is C22H20O5S. The molecule has 0 bridgehead atoms. The maximum Gasteiger partial charge on any atom is 0.175 e. The lowest BCUT2D eigenvalue weighted by atomic mass is 10.0. The van der Waals surface area contributed by atoms with Crippen molar-refractivity contribution in [2.75, 3.05) is 13.4 Å². The zero-order valence-electron chi connectivity index (χ0n) is 15.6. The number of rotatable bonds is 7. The van der Waals surface area contributed by atoms with Crippen molar-refractivity contribution in [2.45, 2.75) is 11.5 Å². The highest BCUT2D eigenvalue weighted by Gasteiger charge is 2.16. The van der Waals surface area contributed by atoms with Gasteiger partial charge in [-0.3, -0.25) is 4.79 Å². The number of carbonyl (C=O) groups is 1. The van der Waals surface area contributed by atoms with Crippen LogP contribution < -0.4 is 9.47 Å². The molecule has 5 nitrogen and oxygen atoms in total. The van der Waals surface area contributed by atoms with Crippen molar-refractivity contribution >= 4 is 16.1 Å². The molecule has 0 atom stereocenters. The Morgan fingerprint density at radius 2 is 1.64 bits per heavy atom. The summed E-state index contributed by atoms with van der Waals surface area (Å²) in [5.41, 5.74) is 2.79. The molecule has 0 aromatic heterocycles. The summed E-state index contributed by atoms with van der Waals surface area (Å²) in [6.45, 7) is 0.325. The summed E-state index contributed by atoms with van der Waals surface area (Å²) >= 11 is 0. The highest BCUT2D eigenvalue weighted by Crippen LogP contribution is 2.40. The zero-order valence-corrected chi connectivity index (χ0v) is 16.4. The molecule has 3 rings (SSSR count). The topological polar surface area (TPSA) is 69.7 Å². The average Bonchev–Trinajstić information content (AvgIpc) is 2.71. The van der Waals surface area contributed by atoms with E-state index in [0.717, 1.165) is 23.7 Å². The molecule has 0 aliphatic carbocycles. The number of ether oxygens (including phenoxy) is 2. The van der Waals surface area contributed by atoms with E-state index in [1.165, 1.54) is 19.2 Å². The van der Waals surface area contributed by atoms with Crippen molar-refractivity contribution in [3.63, 3.8) is 0 Å². The standard InChI is InChI=1S/C22H20O5S/c1-26-21-13-17(14-23)12-20(18-8-10-19(11-9-18)28(2,24)25)22(21)27-15-16-6-4-3-5-7-16/h3-14H,15H2,1-2H3. The number of benzene rings is 3. The third kappa shape index (κ3) is 4.40. The van der Waals surface area contributed by atoms with Gasteiger partial charge in [0.1, 0.15) is 12.9 Å². The number of hydrogen-bond acceptors (Lipinski definition) is 5. The highest BCUT2D eigenvalue weighted by atomic mass is 32.2. The van der Waals surface area contributed by atoms with Gasteiger partial charge in [0.2, 0.25) is 0 Å². The van der Waals surface area contributed by atoms with E-state index >= 15 is 0 Å². The lowest BCUT2D eigenvalue weighted by Gasteiger charge is -2.16. The van der Waals surface area contributed by atoms with Gasteiger partial charge in [-0.05, 0) is 35.4 Å². The molecule has 0 aliphatic rings. The molecule has 0 amide bonds. The van der Waals surface area contributed by atoms with Crippen molar-refractivity contribution in [3.05, 3.63) is 77.9 Å². The van der Waals surface area contributed by atoms with Gasteiger partial charge in [0.15, 0.2) is 21.3 Å². The normalized spacial score (nSPS) is 11.1. The predicted molar refractivity (Wildman–Crippen MR) is 108 cm³/mol. The molecule has 0 saturated heterocycles. The van der Waals surface area contributed by atoms with Crippen molar-refractivity contribution < 1.29 is 22.7 Å². The molecule has 0 heterocycles. The molecule has 28 heavy (non-hydrogen) atoms. The molecule has 3 aromatic carbocycles. The fourth-order valence-corrected chi connectivity index (χ4v) is 3.45. The molecule has 6 heteroatoms. The molecule has 0 unspecified atom stereocenters. The summed E-state index contributed by atoms with van der Waals surface area (Å²) in [6, 6.07) is 19.4. The highest BCUT2D eigenvalue weighted by molar-refractivity contribution is 7.90. The average molecular weight is 396 g/mol. The number of hydrogen-bond donors (Lipinski definition) is 0. The molecule has 0 radical (unpaired) electrons. The Morgan fingerprint density at radius 3 is 2.21 bits per heavy atom. The van der Waals surface area contributed by atoms with Crippen molar-refractivity contribution in [2.24, 2.45) is 0 Å². The number of methoxy groups -OCH3 is 1. The van der Waals surface area contributed by atoms with Gasteiger partial charge in [-0.2, -0.15) is 0 Å². The van der Waals surface area contributed by atoms with E-state index in [0.29, 0.717) is 29.2 Å². The Bertz CT molecular complexity index is 1070. The lowest BCUT2D eigenvalue weighted by Crippen LogP contribution is -2.01. The fraction of sp³-hybridized carbons (Fsp3) is 0.136. The summed E-state index contributed by atoms with van der Waals surface area (Å²) in [5.74, 6) is 0.923.